The quantitative estimate of drug-likeness (QED) is 0.300. The second-order valence-electron chi connectivity index (χ2n) is 12.8. The largest absolute Gasteiger partial charge is 0.397 e. The van der Waals surface area contributed by atoms with Crippen molar-refractivity contribution in [3.05, 3.63) is 11.6 Å². The molecule has 0 aromatic heterocycles. The summed E-state index contributed by atoms with van der Waals surface area (Å²) >= 11 is 0. The highest BCUT2D eigenvalue weighted by Crippen LogP contribution is 2.67. The van der Waals surface area contributed by atoms with Crippen LogP contribution in [0.3, 0.4) is 0 Å². The van der Waals surface area contributed by atoms with Gasteiger partial charge in [0.15, 0.2) is 0 Å². The first-order valence-corrected chi connectivity index (χ1v) is 14.5. The summed E-state index contributed by atoms with van der Waals surface area (Å²) in [5.74, 6) is 2.12. The van der Waals surface area contributed by atoms with Crippen LogP contribution in [0.25, 0.3) is 0 Å². The van der Waals surface area contributed by atoms with Crippen LogP contribution in [0.1, 0.15) is 73.1 Å². The molecule has 0 unspecified atom stereocenters. The third-order valence-electron chi connectivity index (χ3n) is 10.8. The van der Waals surface area contributed by atoms with Gasteiger partial charge in [-0.05, 0) is 84.9 Å². The molecule has 4 aliphatic carbocycles. The van der Waals surface area contributed by atoms with Crippen LogP contribution in [-0.2, 0) is 19.3 Å². The van der Waals surface area contributed by atoms with E-state index in [1.54, 1.807) is 0 Å². The van der Waals surface area contributed by atoms with Crippen LogP contribution < -0.4 is 0 Å². The number of hydrogen-bond donors (Lipinski definition) is 3. The number of aliphatic hydroxyl groups excluding tert-OH is 2. The second kappa shape index (κ2) is 8.25. The molecule has 194 valence electrons. The molecular formula is C26H42O7S. The van der Waals surface area contributed by atoms with Crippen LogP contribution in [-0.4, -0.2) is 53.7 Å². The van der Waals surface area contributed by atoms with Gasteiger partial charge in [0.2, 0.25) is 0 Å². The monoisotopic (exact) mass is 498 g/mol. The van der Waals surface area contributed by atoms with E-state index in [0.29, 0.717) is 48.7 Å². The van der Waals surface area contributed by atoms with E-state index in [2.05, 4.69) is 40.7 Å². The van der Waals surface area contributed by atoms with Crippen LogP contribution in [0.15, 0.2) is 11.6 Å². The molecule has 8 heteroatoms. The van der Waals surface area contributed by atoms with Crippen LogP contribution in [0.5, 0.6) is 0 Å². The first-order chi connectivity index (χ1) is 15.8. The molecule has 0 aromatic carbocycles. The highest BCUT2D eigenvalue weighted by Gasteiger charge is 2.63. The molecule has 4 fully saturated rings. The Morgan fingerprint density at radius 3 is 2.35 bits per heavy atom. The third-order valence-corrected chi connectivity index (χ3v) is 11.3. The van der Waals surface area contributed by atoms with Gasteiger partial charge in [0.1, 0.15) is 12.2 Å². The molecule has 0 amide bonds. The van der Waals surface area contributed by atoms with Crippen molar-refractivity contribution < 1.29 is 32.1 Å². The summed E-state index contributed by atoms with van der Waals surface area (Å²) in [4.78, 5) is 0. The molecule has 0 aromatic rings. The number of hydrogen-bond acceptors (Lipinski definition) is 6. The number of aliphatic hydroxyl groups is 2. The molecule has 0 spiro atoms. The summed E-state index contributed by atoms with van der Waals surface area (Å²) in [6.07, 6.45) is 4.89. The van der Waals surface area contributed by atoms with Crippen LogP contribution in [0.2, 0.25) is 0 Å². The van der Waals surface area contributed by atoms with Crippen molar-refractivity contribution >= 4 is 10.4 Å². The molecule has 1 heterocycles. The third kappa shape index (κ3) is 3.82. The lowest BCUT2D eigenvalue weighted by atomic mass is 9.47. The number of epoxide rings is 1. The molecule has 1 saturated heterocycles. The Balaban J connectivity index is 1.42. The number of rotatable bonds is 5. The highest BCUT2D eigenvalue weighted by atomic mass is 32.3. The van der Waals surface area contributed by atoms with E-state index in [-0.39, 0.29) is 17.3 Å². The summed E-state index contributed by atoms with van der Waals surface area (Å²) in [6, 6.07) is 0. The van der Waals surface area contributed by atoms with E-state index in [4.69, 9.17) is 8.92 Å². The maximum Gasteiger partial charge on any atom is 0.397 e. The van der Waals surface area contributed by atoms with Crippen molar-refractivity contribution in [2.24, 2.45) is 46.3 Å². The predicted octanol–water partition coefficient (Wildman–Crippen LogP) is 3.75. The number of ether oxygens (including phenoxy) is 1. The van der Waals surface area contributed by atoms with Gasteiger partial charge in [0.25, 0.3) is 0 Å². The zero-order valence-corrected chi connectivity index (χ0v) is 21.9. The van der Waals surface area contributed by atoms with Gasteiger partial charge in [-0.15, -0.1) is 0 Å². The lowest BCUT2D eigenvalue weighted by Crippen LogP contribution is -2.60. The molecule has 7 nitrogen and oxygen atoms in total. The van der Waals surface area contributed by atoms with E-state index in [9.17, 15) is 23.2 Å². The highest BCUT2D eigenvalue weighted by molar-refractivity contribution is 7.80. The summed E-state index contributed by atoms with van der Waals surface area (Å²) in [5, 5.41) is 21.3. The van der Waals surface area contributed by atoms with Gasteiger partial charge < -0.3 is 14.9 Å². The Labute approximate surface area is 204 Å². The minimum absolute atomic E-state index is 0.216. The fourth-order valence-electron chi connectivity index (χ4n) is 9.11. The summed E-state index contributed by atoms with van der Waals surface area (Å²) in [5.41, 5.74) is 1.29. The summed E-state index contributed by atoms with van der Waals surface area (Å²) < 4.78 is 43.5. The minimum atomic E-state index is -4.74. The normalized spacial score (nSPS) is 51.3. The van der Waals surface area contributed by atoms with Gasteiger partial charge in [-0.25, -0.2) is 4.18 Å². The maximum atomic E-state index is 11.5. The van der Waals surface area contributed by atoms with Gasteiger partial charge >= 0.3 is 10.4 Å². The van der Waals surface area contributed by atoms with Crippen LogP contribution in [0, 0.1) is 46.3 Å². The van der Waals surface area contributed by atoms with Gasteiger partial charge in [0, 0.05) is 0 Å². The number of allylic oxidation sites excluding steroid dienone is 2. The average molecular weight is 499 g/mol. The zero-order chi connectivity index (χ0) is 24.8. The topological polar surface area (TPSA) is 117 Å². The second-order valence-corrected chi connectivity index (χ2v) is 13.9. The van der Waals surface area contributed by atoms with Gasteiger partial charge in [-0.1, -0.05) is 46.3 Å². The molecule has 1 aliphatic heterocycles. The Bertz CT molecular complexity index is 947. The Kier molecular flexibility index (Phi) is 6.10. The molecular weight excluding hydrogens is 456 g/mol. The van der Waals surface area contributed by atoms with Gasteiger partial charge in [-0.2, -0.15) is 8.42 Å². The molecule has 0 bridgehead atoms. The zero-order valence-electron chi connectivity index (χ0n) is 21.1. The predicted molar refractivity (Wildman–Crippen MR) is 127 cm³/mol. The Hall–Kier alpha value is -0.510. The van der Waals surface area contributed by atoms with E-state index in [1.807, 2.05) is 0 Å². The first-order valence-electron chi connectivity index (χ1n) is 13.1. The fourth-order valence-corrected chi connectivity index (χ4v) is 9.63. The Morgan fingerprint density at radius 2 is 1.74 bits per heavy atom. The van der Waals surface area contributed by atoms with E-state index >= 15 is 0 Å². The average Bonchev–Trinajstić information content (AvgIpc) is 3.46. The Morgan fingerprint density at radius 1 is 1.06 bits per heavy atom. The standard InChI is InChI=1S/C26H42O7S/c1-13(2)22-23(32-22)14(3)16-8-9-17-15-6-7-19-24(33-34(29,30)31)21(28)20(27)12-26(19,5)18(15)10-11-25(16,17)4/h6,13-14,16-24,27-28H,7-12H2,1-5H3,(H,29,30,31)/t14-,16+,17-,18-,19-,20+,21-,22+,23-,24-,25+,26+/m0/s1. The minimum Gasteiger partial charge on any atom is -0.390 e. The van der Waals surface area contributed by atoms with Gasteiger partial charge in [0.05, 0.1) is 18.3 Å². The van der Waals surface area contributed by atoms with Gasteiger partial charge in [-0.3, -0.25) is 4.55 Å². The van der Waals surface area contributed by atoms with Crippen molar-refractivity contribution in [3.8, 4) is 0 Å². The molecule has 34 heavy (non-hydrogen) atoms. The summed E-state index contributed by atoms with van der Waals surface area (Å²) in [7, 11) is -4.74. The van der Waals surface area contributed by atoms with Crippen LogP contribution >= 0.6 is 0 Å². The lowest BCUT2D eigenvalue weighted by Gasteiger charge is -2.59. The maximum absolute atomic E-state index is 11.5. The number of fused-ring (bicyclic) bond motifs is 5. The SMILES string of the molecule is CC(C)[C@H]1O[C@H]1[C@@H](C)[C@H]1CC[C@H]2C3=CC[C@H]4[C@H](OS(=O)(=O)O)[C@@H](O)[C@H](O)C[C@]4(C)[C@H]3CC[C@]12C. The van der Waals surface area contributed by atoms with E-state index < -0.39 is 34.1 Å². The van der Waals surface area contributed by atoms with Crippen molar-refractivity contribution in [3.63, 3.8) is 0 Å². The lowest BCUT2D eigenvalue weighted by molar-refractivity contribution is -0.165. The van der Waals surface area contributed by atoms with Crippen molar-refractivity contribution in [1.82, 2.24) is 0 Å². The molecule has 5 aliphatic rings. The molecule has 0 radical (unpaired) electrons. The van der Waals surface area contributed by atoms with Crippen LogP contribution in [0.4, 0.5) is 0 Å². The molecule has 5 rings (SSSR count). The smallest absolute Gasteiger partial charge is 0.390 e. The van der Waals surface area contributed by atoms with E-state index in [1.165, 1.54) is 12.0 Å². The molecule has 12 atom stereocenters. The van der Waals surface area contributed by atoms with E-state index in [0.717, 1.165) is 19.3 Å². The summed E-state index contributed by atoms with van der Waals surface area (Å²) in [6.45, 7) is 11.4. The molecule has 3 saturated carbocycles. The molecule has 3 N–H and O–H groups in total. The van der Waals surface area contributed by atoms with Crippen molar-refractivity contribution in [2.75, 3.05) is 0 Å². The van der Waals surface area contributed by atoms with Crippen molar-refractivity contribution in [2.45, 2.75) is 104 Å². The fraction of sp³-hybridized carbons (Fsp3) is 0.923. The first kappa shape index (κ1) is 25.2. The van der Waals surface area contributed by atoms with Crippen molar-refractivity contribution in [1.29, 1.82) is 0 Å².